The van der Waals surface area contributed by atoms with E-state index >= 15 is 0 Å². The van der Waals surface area contributed by atoms with Gasteiger partial charge >= 0.3 is 0 Å². The molecule has 3 heterocycles. The topological polar surface area (TPSA) is 58.4 Å². The maximum Gasteiger partial charge on any atom is 0.223 e. The Bertz CT molecular complexity index is 352. The van der Waals surface area contributed by atoms with Gasteiger partial charge in [0, 0.05) is 24.5 Å². The van der Waals surface area contributed by atoms with Gasteiger partial charge in [-0.1, -0.05) is 13.3 Å². The lowest BCUT2D eigenvalue weighted by Crippen LogP contribution is -2.58. The number of amides is 1. The second-order valence-electron chi connectivity index (χ2n) is 7.23. The Morgan fingerprint density at radius 3 is 2.60 bits per heavy atom. The molecule has 0 aromatic carbocycles. The van der Waals surface area contributed by atoms with E-state index in [2.05, 4.69) is 17.1 Å². The van der Waals surface area contributed by atoms with Crippen LogP contribution in [0, 0.1) is 17.8 Å². The van der Waals surface area contributed by atoms with Crippen LogP contribution in [0.2, 0.25) is 0 Å². The Kier molecular flexibility index (Phi) is 4.32. The molecule has 20 heavy (non-hydrogen) atoms. The van der Waals surface area contributed by atoms with Gasteiger partial charge in [0.15, 0.2) is 0 Å². The highest BCUT2D eigenvalue weighted by Crippen LogP contribution is 2.31. The molecular formula is C16H29N3O. The third-order valence-corrected chi connectivity index (χ3v) is 5.86. The van der Waals surface area contributed by atoms with Gasteiger partial charge in [-0.3, -0.25) is 4.79 Å². The largest absolute Gasteiger partial charge is 0.352 e. The highest BCUT2D eigenvalue weighted by Gasteiger charge is 2.36. The molecular weight excluding hydrogens is 250 g/mol. The molecule has 4 atom stereocenters. The summed E-state index contributed by atoms with van der Waals surface area (Å²) in [6, 6.07) is 0.700. The zero-order valence-corrected chi connectivity index (χ0v) is 12.7. The van der Waals surface area contributed by atoms with E-state index in [0.717, 1.165) is 19.4 Å². The van der Waals surface area contributed by atoms with Crippen molar-refractivity contribution in [2.24, 2.45) is 23.5 Å². The maximum atomic E-state index is 12.5. The van der Waals surface area contributed by atoms with Crippen LogP contribution in [0.4, 0.5) is 0 Å². The summed E-state index contributed by atoms with van der Waals surface area (Å²) < 4.78 is 0. The molecule has 0 aromatic rings. The van der Waals surface area contributed by atoms with Crippen LogP contribution in [0.25, 0.3) is 0 Å². The number of piperidine rings is 3. The minimum absolute atomic E-state index is 0.122. The second-order valence-corrected chi connectivity index (χ2v) is 7.23. The normalized spacial score (nSPS) is 42.2. The van der Waals surface area contributed by atoms with Crippen molar-refractivity contribution in [3.63, 3.8) is 0 Å². The number of nitrogens with two attached hydrogens (primary N) is 1. The van der Waals surface area contributed by atoms with E-state index in [4.69, 9.17) is 5.73 Å². The molecule has 3 aliphatic heterocycles. The Morgan fingerprint density at radius 1 is 1.25 bits per heavy atom. The standard InChI is InChI=1S/C16H29N3O/c1-11(13-3-2-4-14(17)9-13)16(20)18-15-10-19-7-5-12(15)6-8-19/h11-15H,2-10,17H2,1H3,(H,18,20). The van der Waals surface area contributed by atoms with E-state index in [9.17, 15) is 4.79 Å². The Morgan fingerprint density at radius 2 is 2.00 bits per heavy atom. The van der Waals surface area contributed by atoms with Crippen LogP contribution in [-0.4, -0.2) is 42.5 Å². The number of carbonyl (C=O) groups excluding carboxylic acids is 1. The molecule has 1 aliphatic carbocycles. The monoisotopic (exact) mass is 279 g/mol. The van der Waals surface area contributed by atoms with Gasteiger partial charge in [0.1, 0.15) is 0 Å². The van der Waals surface area contributed by atoms with Crippen LogP contribution in [0.1, 0.15) is 45.4 Å². The third-order valence-electron chi connectivity index (χ3n) is 5.86. The van der Waals surface area contributed by atoms with Gasteiger partial charge < -0.3 is 16.0 Å². The van der Waals surface area contributed by atoms with Gasteiger partial charge in [0.2, 0.25) is 5.91 Å². The molecule has 3 N–H and O–H groups in total. The summed E-state index contributed by atoms with van der Waals surface area (Å²) >= 11 is 0. The lowest BCUT2D eigenvalue weighted by atomic mass is 9.78. The zero-order valence-electron chi connectivity index (χ0n) is 12.7. The number of carbonyl (C=O) groups is 1. The summed E-state index contributed by atoms with van der Waals surface area (Å²) in [5.74, 6) is 1.59. The van der Waals surface area contributed by atoms with E-state index in [1.807, 2.05) is 0 Å². The molecule has 114 valence electrons. The lowest BCUT2D eigenvalue weighted by Gasteiger charge is -2.45. The van der Waals surface area contributed by atoms with Crippen molar-refractivity contribution in [2.45, 2.75) is 57.5 Å². The van der Waals surface area contributed by atoms with Gasteiger partial charge in [0.25, 0.3) is 0 Å². The molecule has 0 spiro atoms. The summed E-state index contributed by atoms with van der Waals surface area (Å²) in [7, 11) is 0. The third kappa shape index (κ3) is 3.01. The molecule has 4 rings (SSSR count). The molecule has 4 fully saturated rings. The predicted octanol–water partition coefficient (Wildman–Crippen LogP) is 1.35. The van der Waals surface area contributed by atoms with Crippen molar-refractivity contribution < 1.29 is 4.79 Å². The van der Waals surface area contributed by atoms with E-state index < -0.39 is 0 Å². The molecule has 2 bridgehead atoms. The minimum Gasteiger partial charge on any atom is -0.352 e. The van der Waals surface area contributed by atoms with Crippen LogP contribution < -0.4 is 11.1 Å². The van der Waals surface area contributed by atoms with Gasteiger partial charge in [-0.25, -0.2) is 0 Å². The van der Waals surface area contributed by atoms with Crippen molar-refractivity contribution in [2.75, 3.05) is 19.6 Å². The van der Waals surface area contributed by atoms with Crippen LogP contribution in [0.3, 0.4) is 0 Å². The number of hydrogen-bond donors (Lipinski definition) is 2. The van der Waals surface area contributed by atoms with Gasteiger partial charge in [0.05, 0.1) is 0 Å². The fraction of sp³-hybridized carbons (Fsp3) is 0.938. The van der Waals surface area contributed by atoms with Crippen molar-refractivity contribution in [1.82, 2.24) is 10.2 Å². The van der Waals surface area contributed by atoms with Gasteiger partial charge in [-0.05, 0) is 57.0 Å². The number of rotatable bonds is 3. The zero-order chi connectivity index (χ0) is 14.1. The molecule has 0 radical (unpaired) electrons. The molecule has 4 nitrogen and oxygen atoms in total. The van der Waals surface area contributed by atoms with E-state index in [1.165, 1.54) is 38.8 Å². The van der Waals surface area contributed by atoms with Crippen molar-refractivity contribution in [1.29, 1.82) is 0 Å². The number of hydrogen-bond acceptors (Lipinski definition) is 3. The van der Waals surface area contributed by atoms with Crippen LogP contribution in [0.15, 0.2) is 0 Å². The molecule has 4 heteroatoms. The predicted molar refractivity (Wildman–Crippen MR) is 80.2 cm³/mol. The first-order chi connectivity index (χ1) is 9.63. The Balaban J connectivity index is 1.53. The summed E-state index contributed by atoms with van der Waals surface area (Å²) in [6.07, 6.45) is 7.02. The quantitative estimate of drug-likeness (QED) is 0.820. The molecule has 1 saturated carbocycles. The SMILES string of the molecule is CC(C(=O)NC1CN2CCC1CC2)C1CCCC(N)C1. The summed E-state index contributed by atoms with van der Waals surface area (Å²) in [5.41, 5.74) is 6.06. The van der Waals surface area contributed by atoms with Gasteiger partial charge in [-0.15, -0.1) is 0 Å². The first kappa shape index (κ1) is 14.3. The summed E-state index contributed by atoms with van der Waals surface area (Å²) in [5, 5.41) is 3.34. The fourth-order valence-corrected chi connectivity index (χ4v) is 4.38. The average Bonchev–Trinajstić information content (AvgIpc) is 2.47. The highest BCUT2D eigenvalue weighted by molar-refractivity contribution is 5.79. The van der Waals surface area contributed by atoms with E-state index in [1.54, 1.807) is 0 Å². The number of nitrogens with zero attached hydrogens (tertiary/aromatic N) is 1. The van der Waals surface area contributed by atoms with Crippen LogP contribution in [-0.2, 0) is 4.79 Å². The fourth-order valence-electron chi connectivity index (χ4n) is 4.38. The van der Waals surface area contributed by atoms with E-state index in [0.29, 0.717) is 23.9 Å². The van der Waals surface area contributed by atoms with Gasteiger partial charge in [-0.2, -0.15) is 0 Å². The van der Waals surface area contributed by atoms with Crippen molar-refractivity contribution >= 4 is 5.91 Å². The van der Waals surface area contributed by atoms with Crippen molar-refractivity contribution in [3.8, 4) is 0 Å². The minimum atomic E-state index is 0.122. The highest BCUT2D eigenvalue weighted by atomic mass is 16.2. The maximum absolute atomic E-state index is 12.5. The average molecular weight is 279 g/mol. The van der Waals surface area contributed by atoms with Crippen LogP contribution in [0.5, 0.6) is 0 Å². The molecule has 3 saturated heterocycles. The summed E-state index contributed by atoms with van der Waals surface area (Å²) in [4.78, 5) is 15.0. The van der Waals surface area contributed by atoms with Crippen LogP contribution >= 0.6 is 0 Å². The molecule has 4 unspecified atom stereocenters. The Hall–Kier alpha value is -0.610. The molecule has 0 aromatic heterocycles. The molecule has 1 amide bonds. The first-order valence-electron chi connectivity index (χ1n) is 8.42. The second kappa shape index (κ2) is 6.02. The summed E-state index contributed by atoms with van der Waals surface area (Å²) in [6.45, 7) is 5.61. The lowest BCUT2D eigenvalue weighted by molar-refractivity contribution is -0.128. The molecule has 4 aliphatic rings. The van der Waals surface area contributed by atoms with Crippen molar-refractivity contribution in [3.05, 3.63) is 0 Å². The Labute approximate surface area is 122 Å². The first-order valence-corrected chi connectivity index (χ1v) is 8.42. The smallest absolute Gasteiger partial charge is 0.223 e. The number of fused-ring (bicyclic) bond motifs is 3. The number of nitrogens with one attached hydrogen (secondary N) is 1. The van der Waals surface area contributed by atoms with E-state index in [-0.39, 0.29) is 11.8 Å².